The molecule has 1 fully saturated rings. The van der Waals surface area contributed by atoms with Gasteiger partial charge in [0.25, 0.3) is 0 Å². The second-order valence-corrected chi connectivity index (χ2v) is 7.00. The number of hydrogen-bond acceptors (Lipinski definition) is 4. The van der Waals surface area contributed by atoms with Gasteiger partial charge in [-0.2, -0.15) is 0 Å². The minimum atomic E-state index is -0.472. The van der Waals surface area contributed by atoms with Crippen LogP contribution >= 0.6 is 24.0 Å². The number of amides is 1. The van der Waals surface area contributed by atoms with E-state index in [9.17, 15) is 4.79 Å². The Morgan fingerprint density at radius 2 is 1.88 bits per heavy atom. The minimum Gasteiger partial charge on any atom is -0.444 e. The van der Waals surface area contributed by atoms with Crippen molar-refractivity contribution >= 4 is 36.0 Å². The topological polar surface area (TPSA) is 78.0 Å². The monoisotopic (exact) mass is 469 g/mol. The molecular weight excluding hydrogens is 433 g/mol. The van der Waals surface area contributed by atoms with Crippen LogP contribution in [-0.2, 0) is 4.74 Å². The molecule has 1 aliphatic rings. The van der Waals surface area contributed by atoms with Crippen LogP contribution in [0.25, 0.3) is 0 Å². The Morgan fingerprint density at radius 3 is 2.48 bits per heavy atom. The zero-order valence-corrected chi connectivity index (χ0v) is 18.7. The number of likely N-dealkylation sites (tertiary alicyclic amines) is 1. The van der Waals surface area contributed by atoms with Crippen molar-refractivity contribution in [3.05, 3.63) is 0 Å². The number of rotatable bonds is 7. The van der Waals surface area contributed by atoms with Crippen LogP contribution < -0.4 is 16.0 Å². The van der Waals surface area contributed by atoms with Crippen LogP contribution in [0, 0.1) is 0 Å². The lowest BCUT2D eigenvalue weighted by Gasteiger charge is -2.21. The lowest BCUT2D eigenvalue weighted by Crippen LogP contribution is -2.43. The predicted molar refractivity (Wildman–Crippen MR) is 114 cm³/mol. The van der Waals surface area contributed by atoms with Crippen LogP contribution in [0.4, 0.5) is 4.79 Å². The summed E-state index contributed by atoms with van der Waals surface area (Å²) in [6.07, 6.45) is 2.09. The van der Waals surface area contributed by atoms with Gasteiger partial charge < -0.3 is 20.7 Å². The van der Waals surface area contributed by atoms with Gasteiger partial charge in [0, 0.05) is 25.7 Å². The van der Waals surface area contributed by atoms with Crippen molar-refractivity contribution < 1.29 is 9.53 Å². The molecule has 0 saturated carbocycles. The number of hydrogen-bond donors (Lipinski definition) is 3. The van der Waals surface area contributed by atoms with E-state index in [-0.39, 0.29) is 24.0 Å². The first kappa shape index (κ1) is 24.2. The van der Waals surface area contributed by atoms with Crippen LogP contribution in [-0.4, -0.2) is 67.9 Å². The Balaban J connectivity index is 0.00000576. The first-order chi connectivity index (χ1) is 11.4. The Kier molecular flexibility index (Phi) is 12.2. The number of nitrogens with zero attached hydrogens (tertiary/aromatic N) is 2. The van der Waals surface area contributed by atoms with Gasteiger partial charge in [-0.15, -0.1) is 24.0 Å². The maximum absolute atomic E-state index is 11.6. The quantitative estimate of drug-likeness (QED) is 0.231. The molecule has 7 nitrogen and oxygen atoms in total. The van der Waals surface area contributed by atoms with Gasteiger partial charge in [0.1, 0.15) is 5.60 Å². The fourth-order valence-electron chi connectivity index (χ4n) is 2.72. The minimum absolute atomic E-state index is 0. The summed E-state index contributed by atoms with van der Waals surface area (Å²) in [5, 5.41) is 9.22. The Morgan fingerprint density at radius 1 is 1.20 bits per heavy atom. The van der Waals surface area contributed by atoms with E-state index >= 15 is 0 Å². The molecule has 25 heavy (non-hydrogen) atoms. The second-order valence-electron chi connectivity index (χ2n) is 7.00. The highest BCUT2D eigenvalue weighted by molar-refractivity contribution is 14.0. The van der Waals surface area contributed by atoms with Gasteiger partial charge in [0.2, 0.25) is 0 Å². The standard InChI is InChI=1S/C17H35N5O2.HI/c1-6-18-15(21-13-14-9-8-12-22(14)7-2)19-10-11-20-16(23)24-17(3,4)5;/h14H,6-13H2,1-5H3,(H,20,23)(H2,18,19,21);1H. The highest BCUT2D eigenvalue weighted by Gasteiger charge is 2.22. The molecule has 0 bridgehead atoms. The zero-order valence-electron chi connectivity index (χ0n) is 16.4. The Hall–Kier alpha value is -0.770. The number of alkyl carbamates (subject to hydrolysis) is 1. The first-order valence-corrected chi connectivity index (χ1v) is 9.08. The molecule has 0 aromatic heterocycles. The lowest BCUT2D eigenvalue weighted by molar-refractivity contribution is 0.0529. The van der Waals surface area contributed by atoms with Gasteiger partial charge in [-0.1, -0.05) is 6.92 Å². The van der Waals surface area contributed by atoms with Gasteiger partial charge >= 0.3 is 6.09 Å². The van der Waals surface area contributed by atoms with Crippen molar-refractivity contribution in [2.75, 3.05) is 39.3 Å². The average molecular weight is 469 g/mol. The summed E-state index contributed by atoms with van der Waals surface area (Å²) in [5.41, 5.74) is -0.472. The van der Waals surface area contributed by atoms with Gasteiger partial charge in [0.05, 0.1) is 6.54 Å². The molecule has 1 saturated heterocycles. The molecule has 0 radical (unpaired) electrons. The van der Waals surface area contributed by atoms with E-state index in [0.29, 0.717) is 19.1 Å². The summed E-state index contributed by atoms with van der Waals surface area (Å²) in [5.74, 6) is 0.798. The van der Waals surface area contributed by atoms with Gasteiger partial charge in [-0.25, -0.2) is 4.79 Å². The van der Waals surface area contributed by atoms with Crippen molar-refractivity contribution in [2.24, 2.45) is 4.99 Å². The van der Waals surface area contributed by atoms with Gasteiger partial charge in [-0.3, -0.25) is 9.89 Å². The molecule has 0 aromatic rings. The number of ether oxygens (including phenoxy) is 1. The summed E-state index contributed by atoms with van der Waals surface area (Å²) >= 11 is 0. The second kappa shape index (κ2) is 12.6. The largest absolute Gasteiger partial charge is 0.444 e. The molecule has 8 heteroatoms. The number of likely N-dealkylation sites (N-methyl/N-ethyl adjacent to an activating group) is 1. The van der Waals surface area contributed by atoms with Crippen LogP contribution in [0.3, 0.4) is 0 Å². The predicted octanol–water partition coefficient (Wildman–Crippen LogP) is 2.17. The third kappa shape index (κ3) is 10.7. The number of aliphatic imine (C=N–C) groups is 1. The molecule has 3 N–H and O–H groups in total. The van der Waals surface area contributed by atoms with E-state index < -0.39 is 11.7 Å². The molecule has 1 rings (SSSR count). The van der Waals surface area contributed by atoms with E-state index in [2.05, 4.69) is 32.8 Å². The third-order valence-corrected chi connectivity index (χ3v) is 3.80. The van der Waals surface area contributed by atoms with E-state index in [1.165, 1.54) is 19.4 Å². The molecule has 1 amide bonds. The zero-order chi connectivity index (χ0) is 18.0. The molecule has 0 spiro atoms. The van der Waals surface area contributed by atoms with Crippen LogP contribution in [0.1, 0.15) is 47.5 Å². The number of carbonyl (C=O) groups is 1. The summed E-state index contributed by atoms with van der Waals surface area (Å²) in [6.45, 7) is 14.8. The van der Waals surface area contributed by atoms with Crippen LogP contribution in [0.2, 0.25) is 0 Å². The average Bonchev–Trinajstić information content (AvgIpc) is 2.94. The number of halogens is 1. The Labute approximate surface area is 169 Å². The molecule has 0 aliphatic carbocycles. The maximum atomic E-state index is 11.6. The summed E-state index contributed by atoms with van der Waals surface area (Å²) in [7, 11) is 0. The summed E-state index contributed by atoms with van der Waals surface area (Å²) in [6, 6.07) is 0.547. The van der Waals surface area contributed by atoms with Crippen molar-refractivity contribution in [1.82, 2.24) is 20.9 Å². The Bertz CT molecular complexity index is 412. The molecule has 1 atom stereocenters. The maximum Gasteiger partial charge on any atom is 0.407 e. The number of carbonyl (C=O) groups excluding carboxylic acids is 1. The highest BCUT2D eigenvalue weighted by atomic mass is 127. The first-order valence-electron chi connectivity index (χ1n) is 9.08. The molecule has 1 unspecified atom stereocenters. The SMILES string of the molecule is CCNC(=NCC1CCCN1CC)NCCNC(=O)OC(C)(C)C.I. The normalized spacial score (nSPS) is 18.4. The van der Waals surface area contributed by atoms with Crippen molar-refractivity contribution in [2.45, 2.75) is 59.1 Å². The molecule has 0 aromatic carbocycles. The number of guanidine groups is 1. The van der Waals surface area contributed by atoms with E-state index in [4.69, 9.17) is 4.74 Å². The van der Waals surface area contributed by atoms with Crippen LogP contribution in [0.15, 0.2) is 4.99 Å². The van der Waals surface area contributed by atoms with E-state index in [1.54, 1.807) is 0 Å². The smallest absolute Gasteiger partial charge is 0.407 e. The highest BCUT2D eigenvalue weighted by Crippen LogP contribution is 2.16. The fourth-order valence-corrected chi connectivity index (χ4v) is 2.72. The third-order valence-electron chi connectivity index (χ3n) is 3.80. The van der Waals surface area contributed by atoms with Crippen molar-refractivity contribution in [3.63, 3.8) is 0 Å². The van der Waals surface area contributed by atoms with Gasteiger partial charge in [-0.05, 0) is 53.6 Å². The summed E-state index contributed by atoms with van der Waals surface area (Å²) in [4.78, 5) is 18.7. The van der Waals surface area contributed by atoms with E-state index in [0.717, 1.165) is 25.6 Å². The van der Waals surface area contributed by atoms with Crippen molar-refractivity contribution in [1.29, 1.82) is 0 Å². The lowest BCUT2D eigenvalue weighted by atomic mass is 10.2. The van der Waals surface area contributed by atoms with E-state index in [1.807, 2.05) is 27.7 Å². The van der Waals surface area contributed by atoms with Crippen molar-refractivity contribution in [3.8, 4) is 0 Å². The number of nitrogens with one attached hydrogen (secondary N) is 3. The van der Waals surface area contributed by atoms with Gasteiger partial charge in [0.15, 0.2) is 5.96 Å². The molecular formula is C17H36IN5O2. The van der Waals surface area contributed by atoms with Crippen LogP contribution in [0.5, 0.6) is 0 Å². The fraction of sp³-hybridized carbons (Fsp3) is 0.882. The molecule has 1 heterocycles. The summed E-state index contributed by atoms with van der Waals surface area (Å²) < 4.78 is 5.20. The molecule has 1 aliphatic heterocycles. The molecule has 148 valence electrons.